The van der Waals surface area contributed by atoms with Gasteiger partial charge in [-0.1, -0.05) is 52.4 Å². The van der Waals surface area contributed by atoms with Crippen LogP contribution in [0.1, 0.15) is 65.2 Å². The van der Waals surface area contributed by atoms with E-state index in [0.717, 1.165) is 24.3 Å². The first kappa shape index (κ1) is 30.2. The molecule has 7 heteroatoms. The van der Waals surface area contributed by atoms with E-state index in [1.165, 1.54) is 62.0 Å². The molecule has 4 nitrogen and oxygen atoms in total. The fourth-order valence-electron chi connectivity index (χ4n) is 1.57. The zero-order chi connectivity index (χ0) is 19.8. The number of unbranched alkanes of at least 4 members (excludes halogenated alkanes) is 6. The summed E-state index contributed by atoms with van der Waals surface area (Å²) < 4.78 is 0. The minimum absolute atomic E-state index is 0.145. The number of carboxylic acid groups (broad SMARTS) is 2. The maximum absolute atomic E-state index is 9.96. The second kappa shape index (κ2) is 29.2. The van der Waals surface area contributed by atoms with Crippen molar-refractivity contribution >= 4 is 56.6 Å². The van der Waals surface area contributed by atoms with Gasteiger partial charge < -0.3 is 19.8 Å². The summed E-state index contributed by atoms with van der Waals surface area (Å²) in [5, 5.41) is 19.9. The van der Waals surface area contributed by atoms with Crippen LogP contribution in [0.15, 0.2) is 0 Å². The normalized spacial score (nSPS) is 9.12. The van der Waals surface area contributed by atoms with Crippen LogP contribution in [-0.4, -0.2) is 56.1 Å². The van der Waals surface area contributed by atoms with Crippen molar-refractivity contribution in [1.29, 1.82) is 0 Å². The molecule has 0 radical (unpaired) electrons. The van der Waals surface area contributed by atoms with Crippen LogP contribution in [0.4, 0.5) is 0 Å². The van der Waals surface area contributed by atoms with Crippen molar-refractivity contribution < 1.29 is 19.8 Å². The van der Waals surface area contributed by atoms with Gasteiger partial charge in [-0.2, -0.15) is 23.5 Å². The van der Waals surface area contributed by atoms with Crippen molar-refractivity contribution in [3.05, 3.63) is 0 Å². The van der Waals surface area contributed by atoms with Gasteiger partial charge in [-0.3, -0.25) is 0 Å². The molecule has 25 heavy (non-hydrogen) atoms. The van der Waals surface area contributed by atoms with Crippen LogP contribution in [0.5, 0.6) is 0 Å². The second-order valence-electron chi connectivity index (χ2n) is 5.47. The summed E-state index contributed by atoms with van der Waals surface area (Å²) in [6.07, 6.45) is 9.67. The Bertz CT molecular complexity index is 254. The maximum atomic E-state index is 9.96. The van der Waals surface area contributed by atoms with Crippen LogP contribution >= 0.6 is 23.5 Å². The Labute approximate surface area is 173 Å². The van der Waals surface area contributed by atoms with Gasteiger partial charge in [0, 0.05) is 11.5 Å². The van der Waals surface area contributed by atoms with E-state index in [1.807, 2.05) is 0 Å². The molecule has 0 saturated heterocycles. The van der Waals surface area contributed by atoms with Crippen LogP contribution in [0.2, 0.25) is 9.88 Å². The van der Waals surface area contributed by atoms with Crippen molar-refractivity contribution in [2.75, 3.05) is 23.0 Å². The van der Waals surface area contributed by atoms with E-state index in [2.05, 4.69) is 23.7 Å². The first-order valence-corrected chi connectivity index (χ1v) is 17.1. The van der Waals surface area contributed by atoms with E-state index in [-0.39, 0.29) is 32.6 Å². The van der Waals surface area contributed by atoms with Crippen LogP contribution in [-0.2, 0) is 9.59 Å². The predicted octanol–water partition coefficient (Wildman–Crippen LogP) is 2.89. The summed E-state index contributed by atoms with van der Waals surface area (Å²) in [7, 11) is 0. The average molecular weight is 499 g/mol. The van der Waals surface area contributed by atoms with Gasteiger partial charge in [-0.15, -0.1) is 0 Å². The number of hydrogen-bond donors (Lipinski definition) is 0. The van der Waals surface area contributed by atoms with E-state index in [4.69, 9.17) is 0 Å². The summed E-state index contributed by atoms with van der Waals surface area (Å²) in [5.41, 5.74) is 0. The summed E-state index contributed by atoms with van der Waals surface area (Å²) in [4.78, 5) is 24.5. The van der Waals surface area contributed by atoms with Crippen LogP contribution in [0, 0.1) is 0 Å². The van der Waals surface area contributed by atoms with Crippen molar-refractivity contribution in [1.82, 2.24) is 0 Å². The molecule has 0 aliphatic heterocycles. The first-order chi connectivity index (χ1) is 12.0. The molecular formula is C18H36O4S2Sn. The van der Waals surface area contributed by atoms with Gasteiger partial charge in [0.2, 0.25) is 0 Å². The molecule has 0 fully saturated rings. The number of thioether (sulfide) groups is 2. The van der Waals surface area contributed by atoms with Crippen LogP contribution in [0.3, 0.4) is 0 Å². The van der Waals surface area contributed by atoms with E-state index >= 15 is 0 Å². The Morgan fingerprint density at radius 2 is 1.04 bits per heavy atom. The number of carboxylic acids is 2. The van der Waals surface area contributed by atoms with E-state index in [1.54, 1.807) is 0 Å². The zero-order valence-electron chi connectivity index (χ0n) is 16.4. The van der Waals surface area contributed by atoms with E-state index in [0.29, 0.717) is 0 Å². The molecule has 0 saturated carbocycles. The molecule has 0 aliphatic carbocycles. The van der Waals surface area contributed by atoms with Gasteiger partial charge >= 0.3 is 31.0 Å². The third-order valence-corrected chi connectivity index (χ3v) is 4.76. The van der Waals surface area contributed by atoms with Gasteiger partial charge in [0.25, 0.3) is 0 Å². The Hall–Kier alpha value is 0.439. The Balaban J connectivity index is -0.000000334. The molecule has 0 heterocycles. The molecule has 148 valence electrons. The molecule has 0 aromatic heterocycles. The molecule has 0 amide bonds. The molecule has 0 unspecified atom stereocenters. The molecule has 0 aliphatic rings. The van der Waals surface area contributed by atoms with Gasteiger partial charge in [0.15, 0.2) is 0 Å². The monoisotopic (exact) mass is 500 g/mol. The molecule has 0 aromatic carbocycles. The molecule has 0 rings (SSSR count). The van der Waals surface area contributed by atoms with Crippen LogP contribution in [0.25, 0.3) is 0 Å². The van der Waals surface area contributed by atoms with E-state index in [9.17, 15) is 19.8 Å². The summed E-state index contributed by atoms with van der Waals surface area (Å²) in [6, 6.07) is 0. The molecule has 0 aromatic rings. The molecule has 0 spiro atoms. The first-order valence-electron chi connectivity index (χ1n) is 9.09. The van der Waals surface area contributed by atoms with E-state index < -0.39 is 11.9 Å². The molecule has 0 atom stereocenters. The fraction of sp³-hybridized carbons (Fsp3) is 0.889. The SMILES string of the molecule is CCCCCCSCC(=O)[O-].CCCCCCSCC(=O)[O-].[CH3][Sn+2][CH3]. The predicted molar refractivity (Wildman–Crippen MR) is 110 cm³/mol. The number of hydrogen-bond acceptors (Lipinski definition) is 6. The molecular weight excluding hydrogens is 463 g/mol. The summed E-state index contributed by atoms with van der Waals surface area (Å²) in [6.45, 7) is 4.32. The Morgan fingerprint density at radius 3 is 1.28 bits per heavy atom. The quantitative estimate of drug-likeness (QED) is 0.270. The van der Waals surface area contributed by atoms with Gasteiger partial charge in [0.1, 0.15) is 0 Å². The summed E-state index contributed by atoms with van der Waals surface area (Å²) >= 11 is 3.13. The number of carbonyl (C=O) groups excluding carboxylic acids is 2. The standard InChI is InChI=1S/2C8H16O2S.2CH3.Sn/c2*1-2-3-4-5-6-11-7-8(9)10;;;/h2*2-7H2,1H3,(H,9,10);2*1H3;/q;;;;+2/p-2. The van der Waals surface area contributed by atoms with Crippen molar-refractivity contribution in [3.8, 4) is 0 Å². The summed E-state index contributed by atoms with van der Waals surface area (Å²) in [5.74, 6) is 0.288. The zero-order valence-corrected chi connectivity index (χ0v) is 20.9. The fourth-order valence-corrected chi connectivity index (χ4v) is 3.01. The topological polar surface area (TPSA) is 80.3 Å². The van der Waals surface area contributed by atoms with Gasteiger partial charge in [-0.05, 0) is 24.3 Å². The Kier molecular flexibility index (Phi) is 35.3. The Morgan fingerprint density at radius 1 is 0.720 bits per heavy atom. The minimum atomic E-state index is -0.953. The van der Waals surface area contributed by atoms with Crippen LogP contribution < -0.4 is 10.2 Å². The number of carbonyl (C=O) groups is 2. The molecule has 0 N–H and O–H groups in total. The average Bonchev–Trinajstić information content (AvgIpc) is 2.55. The van der Waals surface area contributed by atoms with Crippen molar-refractivity contribution in [2.24, 2.45) is 0 Å². The molecule has 0 bridgehead atoms. The van der Waals surface area contributed by atoms with Crippen molar-refractivity contribution in [3.63, 3.8) is 0 Å². The van der Waals surface area contributed by atoms with Gasteiger partial charge in [0.05, 0.1) is 11.9 Å². The van der Waals surface area contributed by atoms with Crippen molar-refractivity contribution in [2.45, 2.75) is 75.1 Å². The second-order valence-corrected chi connectivity index (χ2v) is 10.5. The number of rotatable bonds is 14. The number of aliphatic carboxylic acids is 2. The van der Waals surface area contributed by atoms with Gasteiger partial charge in [-0.25, -0.2) is 0 Å². The third kappa shape index (κ3) is 45.5. The third-order valence-electron chi connectivity index (χ3n) is 2.72.